The molecule has 40 heavy (non-hydrogen) atoms. The summed E-state index contributed by atoms with van der Waals surface area (Å²) in [5.74, 6) is -2.91. The predicted molar refractivity (Wildman–Crippen MR) is 158 cm³/mol. The average molecular weight is 698 g/mol. The molecule has 0 unspecified atom stereocenters. The fraction of sp³-hybridized carbons (Fsp3) is 0.357. The van der Waals surface area contributed by atoms with E-state index in [1.807, 2.05) is 36.4 Å². The molecule has 0 N–H and O–H groups in total. The van der Waals surface area contributed by atoms with Crippen molar-refractivity contribution >= 4 is 114 Å². The highest BCUT2D eigenvalue weighted by Crippen LogP contribution is 2.77. The molecule has 2 heterocycles. The van der Waals surface area contributed by atoms with Crippen LogP contribution in [-0.2, 0) is 38.4 Å². The van der Waals surface area contributed by atoms with Gasteiger partial charge in [0.2, 0.25) is 11.6 Å². The lowest BCUT2D eigenvalue weighted by atomic mass is 9.88. The lowest BCUT2D eigenvalue weighted by molar-refractivity contribution is -0.182. The van der Waals surface area contributed by atoms with Gasteiger partial charge in [-0.1, -0.05) is 46.4 Å². The summed E-state index contributed by atoms with van der Waals surface area (Å²) in [6.07, 6.45) is 0. The molecule has 4 nitrogen and oxygen atoms in total. The van der Waals surface area contributed by atoms with E-state index < -0.39 is 31.1 Å². The van der Waals surface area contributed by atoms with Crippen molar-refractivity contribution in [3.05, 3.63) is 78.8 Å². The molecule has 0 saturated carbocycles. The van der Waals surface area contributed by atoms with E-state index in [4.69, 9.17) is 112 Å². The number of alkyl halides is 4. The number of benzene rings is 3. The Kier molecular flexibility index (Phi) is 4.95. The average Bonchev–Trinajstić information content (AvgIpc) is 3.74. The van der Waals surface area contributed by atoms with Gasteiger partial charge in [0.15, 0.2) is 19.5 Å². The van der Waals surface area contributed by atoms with E-state index >= 15 is 0 Å². The van der Waals surface area contributed by atoms with E-state index in [0.29, 0.717) is 48.7 Å². The maximum Gasteiger partial charge on any atom is 0.226 e. The minimum Gasteiger partial charge on any atom is -0.343 e. The van der Waals surface area contributed by atoms with Gasteiger partial charge >= 0.3 is 0 Å². The lowest BCUT2D eigenvalue weighted by Crippen LogP contribution is -2.51. The largest absolute Gasteiger partial charge is 0.343 e. The summed E-state index contributed by atoms with van der Waals surface area (Å²) in [7, 11) is 0. The molecular weight excluding hydrogens is 684 g/mol. The zero-order chi connectivity index (χ0) is 27.8. The van der Waals surface area contributed by atoms with Crippen molar-refractivity contribution < 1.29 is 18.9 Å². The van der Waals surface area contributed by atoms with Gasteiger partial charge in [0.1, 0.15) is 0 Å². The van der Waals surface area contributed by atoms with Crippen molar-refractivity contribution in [2.45, 2.75) is 31.1 Å². The van der Waals surface area contributed by atoms with Gasteiger partial charge in [0.05, 0.1) is 46.6 Å². The molecular formula is C28H14Cl8O4. The monoisotopic (exact) mass is 694 g/mol. The Morgan fingerprint density at radius 2 is 0.625 bits per heavy atom. The molecule has 0 amide bonds. The zero-order valence-electron chi connectivity index (χ0n) is 19.9. The van der Waals surface area contributed by atoms with Crippen molar-refractivity contribution in [3.8, 4) is 0 Å². The van der Waals surface area contributed by atoms with Gasteiger partial charge in [-0.3, -0.25) is 0 Å². The van der Waals surface area contributed by atoms with Crippen LogP contribution in [0.3, 0.4) is 0 Å². The van der Waals surface area contributed by atoms with Crippen molar-refractivity contribution in [2.24, 2.45) is 0 Å². The third-order valence-corrected chi connectivity index (χ3v) is 14.4. The lowest BCUT2D eigenvalue weighted by Gasteiger charge is -2.37. The van der Waals surface area contributed by atoms with Gasteiger partial charge in [-0.2, -0.15) is 0 Å². The van der Waals surface area contributed by atoms with Crippen LogP contribution in [0.15, 0.2) is 56.5 Å². The van der Waals surface area contributed by atoms with Crippen LogP contribution in [0.5, 0.6) is 0 Å². The second kappa shape index (κ2) is 7.54. The molecule has 6 aliphatic rings. The van der Waals surface area contributed by atoms with Crippen molar-refractivity contribution in [2.75, 3.05) is 26.4 Å². The molecule has 206 valence electrons. The van der Waals surface area contributed by atoms with Crippen LogP contribution in [-0.4, -0.2) is 38.0 Å². The van der Waals surface area contributed by atoms with Crippen LogP contribution in [0.4, 0.5) is 0 Å². The van der Waals surface area contributed by atoms with E-state index in [2.05, 4.69) is 0 Å². The minimum absolute atomic E-state index is 0.200. The Balaban J connectivity index is 1.31. The van der Waals surface area contributed by atoms with Crippen LogP contribution in [0.1, 0.15) is 22.3 Å². The first-order chi connectivity index (χ1) is 18.9. The summed E-state index contributed by atoms with van der Waals surface area (Å²) >= 11 is 56.1. The quantitative estimate of drug-likeness (QED) is 0.174. The Morgan fingerprint density at radius 3 is 0.850 bits per heavy atom. The van der Waals surface area contributed by atoms with Gasteiger partial charge in [-0.05, 0) is 80.2 Å². The van der Waals surface area contributed by atoms with Crippen LogP contribution in [0, 0.1) is 0 Å². The van der Waals surface area contributed by atoms with Crippen molar-refractivity contribution in [1.29, 1.82) is 0 Å². The van der Waals surface area contributed by atoms with Crippen LogP contribution < -0.4 is 0 Å². The maximum absolute atomic E-state index is 7.30. The highest BCUT2D eigenvalue weighted by atomic mass is 35.5. The first-order valence-corrected chi connectivity index (χ1v) is 15.5. The fourth-order valence-corrected chi connectivity index (χ4v) is 11.5. The molecule has 0 radical (unpaired) electrons. The number of rotatable bonds is 0. The number of ether oxygens (including phenoxy) is 4. The number of halogens is 8. The number of hydrogen-bond donors (Lipinski definition) is 0. The molecule has 0 aromatic heterocycles. The Labute approximate surface area is 267 Å². The molecule has 4 aliphatic carbocycles. The fourth-order valence-electron chi connectivity index (χ4n) is 7.70. The van der Waals surface area contributed by atoms with E-state index in [0.717, 1.165) is 21.5 Å². The standard InChI is InChI=1S/C28H14Cl8O4/c29-19-20(30)24(34)16-8-12-6-14-10-18-17(25(35)21(31)22(32)26(18,36)28(25)39-3-4-40-28)9-13(14)5-11(12)7-15(16)23(19,33)27(24)37-1-2-38-27/h5-10H,1-4H2/t23-,24+,25+,26-. The van der Waals surface area contributed by atoms with Gasteiger partial charge in [-0.25, -0.2) is 0 Å². The molecule has 2 fully saturated rings. The smallest absolute Gasteiger partial charge is 0.226 e. The first kappa shape index (κ1) is 26.2. The molecule has 9 rings (SSSR count). The molecule has 12 heteroatoms. The molecule has 4 bridgehead atoms. The molecule has 4 atom stereocenters. The van der Waals surface area contributed by atoms with Gasteiger partial charge in [0.25, 0.3) is 0 Å². The summed E-state index contributed by atoms with van der Waals surface area (Å²) in [6, 6.07) is 11.9. The van der Waals surface area contributed by atoms with Crippen LogP contribution in [0.2, 0.25) is 0 Å². The second-order valence-electron chi connectivity index (χ2n) is 10.9. The van der Waals surface area contributed by atoms with Crippen LogP contribution >= 0.6 is 92.8 Å². The molecule has 2 saturated heterocycles. The molecule has 3 aromatic rings. The minimum atomic E-state index is -1.46. The maximum atomic E-state index is 7.30. The van der Waals surface area contributed by atoms with E-state index in [-0.39, 0.29) is 20.1 Å². The summed E-state index contributed by atoms with van der Waals surface area (Å²) in [6.45, 7) is 1.26. The molecule has 2 spiro atoms. The summed E-state index contributed by atoms with van der Waals surface area (Å²) < 4.78 is 24.5. The van der Waals surface area contributed by atoms with Crippen molar-refractivity contribution in [3.63, 3.8) is 0 Å². The highest BCUT2D eigenvalue weighted by molar-refractivity contribution is 6.53. The van der Waals surface area contributed by atoms with Gasteiger partial charge in [0, 0.05) is 0 Å². The summed E-state index contributed by atoms with van der Waals surface area (Å²) in [5.41, 5.74) is 2.74. The normalized spacial score (nSPS) is 37.8. The zero-order valence-corrected chi connectivity index (χ0v) is 26.0. The Bertz CT molecular complexity index is 1600. The first-order valence-electron chi connectivity index (χ1n) is 12.4. The van der Waals surface area contributed by atoms with E-state index in [9.17, 15) is 0 Å². The molecule has 3 aromatic carbocycles. The number of hydrogen-bond acceptors (Lipinski definition) is 4. The molecule has 2 aliphatic heterocycles. The van der Waals surface area contributed by atoms with E-state index in [1.54, 1.807) is 0 Å². The van der Waals surface area contributed by atoms with Gasteiger partial charge < -0.3 is 18.9 Å². The Hall–Kier alpha value is -0.180. The topological polar surface area (TPSA) is 36.9 Å². The summed E-state index contributed by atoms with van der Waals surface area (Å²) in [5, 5.41) is 4.37. The van der Waals surface area contributed by atoms with E-state index in [1.165, 1.54) is 0 Å². The number of fused-ring (bicyclic) bond motifs is 8. The van der Waals surface area contributed by atoms with Gasteiger partial charge in [-0.15, -0.1) is 46.4 Å². The predicted octanol–water partition coefficient (Wildman–Crippen LogP) is 8.65. The third kappa shape index (κ3) is 2.28. The second-order valence-corrected chi connectivity index (χ2v) is 14.6. The van der Waals surface area contributed by atoms with Crippen LogP contribution in [0.25, 0.3) is 21.5 Å². The summed E-state index contributed by atoms with van der Waals surface area (Å²) in [4.78, 5) is -5.60. The van der Waals surface area contributed by atoms with Crippen molar-refractivity contribution in [1.82, 2.24) is 0 Å². The Morgan fingerprint density at radius 1 is 0.400 bits per heavy atom. The SMILES string of the molecule is ClC1=C(Cl)[C@]2(Cl)c3cc4cc5cc6c(cc5cc4cc3[C@@]1(Cl)C21OCCO1)[C@@]1(Cl)C(Cl)=C(Cl)[C@]6(Cl)C12OCCO2. The third-order valence-electron chi connectivity index (χ3n) is 9.35. The highest BCUT2D eigenvalue weighted by Gasteiger charge is 2.82.